The van der Waals surface area contributed by atoms with Gasteiger partial charge in [0.1, 0.15) is 0 Å². The van der Waals surface area contributed by atoms with Gasteiger partial charge in [0.2, 0.25) is 0 Å². The van der Waals surface area contributed by atoms with Gasteiger partial charge in [0.05, 0.1) is 5.52 Å². The molecule has 0 saturated carbocycles. The summed E-state index contributed by atoms with van der Waals surface area (Å²) in [6, 6.07) is 58.5. The van der Waals surface area contributed by atoms with E-state index in [9.17, 15) is 0 Å². The molecule has 8 aromatic rings. The Morgan fingerprint density at radius 3 is 1.52 bits per heavy atom. The summed E-state index contributed by atoms with van der Waals surface area (Å²) in [4.78, 5) is 2.45. The topological polar surface area (TPSA) is 8.17 Å². The second-order valence-electron chi connectivity index (χ2n) is 16.7. The van der Waals surface area contributed by atoms with Gasteiger partial charge in [0.15, 0.2) is 0 Å². The predicted octanol–water partition coefficient (Wildman–Crippen LogP) is 14.5. The highest BCUT2D eigenvalue weighted by Gasteiger charge is 2.37. The average Bonchev–Trinajstić information content (AvgIpc) is 3.72. The van der Waals surface area contributed by atoms with Crippen molar-refractivity contribution in [3.05, 3.63) is 202 Å². The molecule has 2 aliphatic carbocycles. The fourth-order valence-electron chi connectivity index (χ4n) is 9.64. The van der Waals surface area contributed by atoms with E-state index in [1.54, 1.807) is 0 Å². The lowest BCUT2D eigenvalue weighted by Crippen LogP contribution is -2.18. The first-order chi connectivity index (χ1) is 27.1. The molecule has 0 unspecified atom stereocenters. The van der Waals surface area contributed by atoms with Gasteiger partial charge in [-0.25, -0.2) is 0 Å². The summed E-state index contributed by atoms with van der Waals surface area (Å²) >= 11 is 0. The fourth-order valence-corrected chi connectivity index (χ4v) is 9.64. The lowest BCUT2D eigenvalue weighted by atomic mass is 9.82. The van der Waals surface area contributed by atoms with Crippen LogP contribution >= 0.6 is 0 Å². The molecule has 7 aromatic carbocycles. The summed E-state index contributed by atoms with van der Waals surface area (Å²) < 4.78 is 2.38. The van der Waals surface area contributed by atoms with Crippen LogP contribution in [-0.2, 0) is 10.8 Å². The van der Waals surface area contributed by atoms with E-state index < -0.39 is 0 Å². The Labute approximate surface area is 331 Å². The van der Waals surface area contributed by atoms with Gasteiger partial charge in [-0.05, 0) is 130 Å². The quantitative estimate of drug-likeness (QED) is 0.155. The molecule has 0 atom stereocenters. The SMILES string of the molecule is Cc1c(C)n(-c2ccccc2)c2cc(/C=C/c3ccc(N(c4ccc5c(c4)C(C)(C)c4ccccc4-5)c4ccc5c(c4)C(C)(C)c4ccccc4-5)cc3)ccc12. The Morgan fingerprint density at radius 2 is 0.929 bits per heavy atom. The molecule has 0 N–H and O–H groups in total. The van der Waals surface area contributed by atoms with E-state index in [1.165, 1.54) is 89.3 Å². The van der Waals surface area contributed by atoms with Crippen molar-refractivity contribution >= 4 is 40.1 Å². The minimum atomic E-state index is -0.0903. The molecule has 0 aliphatic heterocycles. The van der Waals surface area contributed by atoms with Crippen molar-refractivity contribution in [1.29, 1.82) is 0 Å². The Balaban J connectivity index is 1.04. The zero-order valence-corrected chi connectivity index (χ0v) is 33.1. The van der Waals surface area contributed by atoms with E-state index in [0.717, 1.165) is 11.3 Å². The highest BCUT2D eigenvalue weighted by molar-refractivity contribution is 5.91. The highest BCUT2D eigenvalue weighted by Crippen LogP contribution is 2.53. The third-order valence-corrected chi connectivity index (χ3v) is 12.8. The Bertz CT molecular complexity index is 2760. The van der Waals surface area contributed by atoms with Gasteiger partial charge in [-0.3, -0.25) is 0 Å². The molecule has 56 heavy (non-hydrogen) atoms. The molecule has 1 heterocycles. The fraction of sp³-hybridized carbons (Fsp3) is 0.148. The van der Waals surface area contributed by atoms with E-state index in [2.05, 4.69) is 221 Å². The molecule has 10 rings (SSSR count). The van der Waals surface area contributed by atoms with Gasteiger partial charge in [-0.1, -0.05) is 143 Å². The van der Waals surface area contributed by atoms with Crippen LogP contribution in [0.25, 0.3) is 51.0 Å². The van der Waals surface area contributed by atoms with Crippen LogP contribution in [0.5, 0.6) is 0 Å². The Hall–Kier alpha value is -6.38. The van der Waals surface area contributed by atoms with Gasteiger partial charge < -0.3 is 9.47 Å². The second-order valence-corrected chi connectivity index (χ2v) is 16.7. The van der Waals surface area contributed by atoms with E-state index in [1.807, 2.05) is 0 Å². The number of para-hydroxylation sites is 1. The molecule has 0 radical (unpaired) electrons. The minimum absolute atomic E-state index is 0.0903. The lowest BCUT2D eigenvalue weighted by molar-refractivity contribution is 0.660. The molecule has 0 amide bonds. The van der Waals surface area contributed by atoms with Crippen molar-refractivity contribution in [3.8, 4) is 27.9 Å². The van der Waals surface area contributed by atoms with Gasteiger partial charge in [0, 0.05) is 44.7 Å². The van der Waals surface area contributed by atoms with E-state index in [4.69, 9.17) is 0 Å². The first-order valence-corrected chi connectivity index (χ1v) is 19.9. The van der Waals surface area contributed by atoms with Crippen molar-refractivity contribution in [1.82, 2.24) is 4.57 Å². The average molecular weight is 723 g/mol. The summed E-state index contributed by atoms with van der Waals surface area (Å²) in [6.45, 7) is 13.9. The number of benzene rings is 7. The highest BCUT2D eigenvalue weighted by atomic mass is 15.1. The van der Waals surface area contributed by atoms with E-state index in [0.29, 0.717) is 0 Å². The third-order valence-electron chi connectivity index (χ3n) is 12.8. The van der Waals surface area contributed by atoms with Crippen molar-refractivity contribution in [2.45, 2.75) is 52.4 Å². The maximum Gasteiger partial charge on any atom is 0.0540 e. The van der Waals surface area contributed by atoms with E-state index in [-0.39, 0.29) is 10.8 Å². The van der Waals surface area contributed by atoms with Crippen molar-refractivity contribution in [3.63, 3.8) is 0 Å². The molecule has 0 spiro atoms. The van der Waals surface area contributed by atoms with Crippen LogP contribution < -0.4 is 4.90 Å². The standard InChI is InChI=1S/C54H46N2/c1-35-36(2)55(39-14-8-7-9-15-39)52-32-38(24-29-43(35)52)21-20-37-22-25-40(26-23-37)56(41-27-30-46-44-16-10-12-18-48(44)53(3,4)50(46)33-41)42-28-31-47-45-17-11-13-19-49(45)54(5,6)51(47)34-42/h7-34H,1-6H3/b21-20+. The maximum atomic E-state index is 2.45. The molecule has 2 aliphatic rings. The molecular formula is C54H46N2. The summed E-state index contributed by atoms with van der Waals surface area (Å²) in [5.74, 6) is 0. The minimum Gasteiger partial charge on any atom is -0.314 e. The Morgan fingerprint density at radius 1 is 0.446 bits per heavy atom. The zero-order chi connectivity index (χ0) is 38.3. The largest absolute Gasteiger partial charge is 0.314 e. The normalized spacial score (nSPS) is 14.5. The molecule has 0 bridgehead atoms. The van der Waals surface area contributed by atoms with Gasteiger partial charge >= 0.3 is 0 Å². The maximum absolute atomic E-state index is 2.45. The Kier molecular flexibility index (Phi) is 7.67. The van der Waals surface area contributed by atoms with Crippen LogP contribution in [0.2, 0.25) is 0 Å². The molecule has 0 saturated heterocycles. The smallest absolute Gasteiger partial charge is 0.0540 e. The number of hydrogen-bond acceptors (Lipinski definition) is 1. The molecule has 2 nitrogen and oxygen atoms in total. The van der Waals surface area contributed by atoms with Crippen LogP contribution in [-0.4, -0.2) is 4.57 Å². The predicted molar refractivity (Wildman–Crippen MR) is 238 cm³/mol. The summed E-state index contributed by atoms with van der Waals surface area (Å²) in [6.07, 6.45) is 4.47. The van der Waals surface area contributed by atoms with Crippen LogP contribution in [0.4, 0.5) is 17.1 Å². The molecule has 2 heteroatoms. The number of rotatable bonds is 6. The summed E-state index contributed by atoms with van der Waals surface area (Å²) in [5.41, 5.74) is 21.6. The molecule has 272 valence electrons. The first-order valence-electron chi connectivity index (χ1n) is 19.9. The monoisotopic (exact) mass is 722 g/mol. The van der Waals surface area contributed by atoms with Crippen LogP contribution in [0.1, 0.15) is 72.3 Å². The number of anilines is 3. The number of nitrogens with zero attached hydrogens (tertiary/aromatic N) is 2. The molecule has 0 fully saturated rings. The van der Waals surface area contributed by atoms with Gasteiger partial charge in [-0.15, -0.1) is 0 Å². The molecular weight excluding hydrogens is 677 g/mol. The zero-order valence-electron chi connectivity index (χ0n) is 33.1. The van der Waals surface area contributed by atoms with Crippen molar-refractivity contribution in [2.75, 3.05) is 4.90 Å². The summed E-state index contributed by atoms with van der Waals surface area (Å²) in [7, 11) is 0. The van der Waals surface area contributed by atoms with Crippen molar-refractivity contribution < 1.29 is 0 Å². The first kappa shape index (κ1) is 34.1. The number of aromatic nitrogens is 1. The van der Waals surface area contributed by atoms with Crippen LogP contribution in [0.15, 0.2) is 158 Å². The third kappa shape index (κ3) is 5.16. The van der Waals surface area contributed by atoms with E-state index >= 15 is 0 Å². The van der Waals surface area contributed by atoms with Gasteiger partial charge in [-0.2, -0.15) is 0 Å². The summed E-state index contributed by atoms with van der Waals surface area (Å²) in [5, 5.41) is 1.30. The number of fused-ring (bicyclic) bond motifs is 7. The van der Waals surface area contributed by atoms with Crippen LogP contribution in [0.3, 0.4) is 0 Å². The lowest BCUT2D eigenvalue weighted by Gasteiger charge is -2.29. The van der Waals surface area contributed by atoms with Crippen molar-refractivity contribution in [2.24, 2.45) is 0 Å². The number of aryl methyl sites for hydroxylation is 1. The van der Waals surface area contributed by atoms with Gasteiger partial charge in [0.25, 0.3) is 0 Å². The number of hydrogen-bond donors (Lipinski definition) is 0. The molecule has 1 aromatic heterocycles. The second kappa shape index (κ2) is 12.6. The van der Waals surface area contributed by atoms with Crippen LogP contribution in [0, 0.1) is 13.8 Å².